The third-order valence-electron chi connectivity index (χ3n) is 3.89. The molecule has 0 saturated heterocycles. The van der Waals surface area contributed by atoms with E-state index in [1.165, 1.54) is 25.7 Å². The van der Waals surface area contributed by atoms with Gasteiger partial charge in [-0.3, -0.25) is 4.79 Å². The normalized spacial score (nSPS) is 18.6. The van der Waals surface area contributed by atoms with Crippen molar-refractivity contribution in [2.24, 2.45) is 5.92 Å². The van der Waals surface area contributed by atoms with Crippen molar-refractivity contribution < 1.29 is 9.90 Å². The number of amides is 1. The average molecular weight is 261 g/mol. The van der Waals surface area contributed by atoms with Gasteiger partial charge in [0.25, 0.3) is 0 Å². The molecule has 0 spiro atoms. The zero-order valence-corrected chi connectivity index (χ0v) is 11.6. The molecule has 1 atom stereocenters. The molecule has 1 amide bonds. The summed E-state index contributed by atoms with van der Waals surface area (Å²) in [5.41, 5.74) is 1.69. The van der Waals surface area contributed by atoms with Crippen LogP contribution in [0.1, 0.15) is 57.1 Å². The molecule has 3 heteroatoms. The number of carbonyl (C=O) groups is 1. The molecule has 1 aliphatic carbocycles. The van der Waals surface area contributed by atoms with Gasteiger partial charge in [0.2, 0.25) is 5.91 Å². The first-order chi connectivity index (χ1) is 9.16. The van der Waals surface area contributed by atoms with Gasteiger partial charge in [0.15, 0.2) is 0 Å². The number of hydrogen-bond donors (Lipinski definition) is 2. The van der Waals surface area contributed by atoms with Gasteiger partial charge in [-0.15, -0.1) is 0 Å². The van der Waals surface area contributed by atoms with Gasteiger partial charge in [-0.2, -0.15) is 0 Å². The van der Waals surface area contributed by atoms with E-state index in [9.17, 15) is 9.90 Å². The second-order valence-electron chi connectivity index (χ2n) is 5.48. The fourth-order valence-corrected chi connectivity index (χ4v) is 2.63. The fourth-order valence-electron chi connectivity index (χ4n) is 2.63. The Balaban J connectivity index is 1.94. The smallest absolute Gasteiger partial charge is 0.227 e. The summed E-state index contributed by atoms with van der Waals surface area (Å²) in [7, 11) is 0. The quantitative estimate of drug-likeness (QED) is 0.816. The zero-order chi connectivity index (χ0) is 13.7. The molecular formula is C16H23NO2. The second-order valence-corrected chi connectivity index (χ2v) is 5.48. The van der Waals surface area contributed by atoms with E-state index >= 15 is 0 Å². The molecule has 0 bridgehead atoms. The van der Waals surface area contributed by atoms with Crippen molar-refractivity contribution in [2.45, 2.75) is 51.6 Å². The largest absolute Gasteiger partial charge is 0.389 e. The predicted molar refractivity (Wildman–Crippen MR) is 76.9 cm³/mol. The lowest BCUT2D eigenvalue weighted by atomic mass is 9.99. The van der Waals surface area contributed by atoms with E-state index < -0.39 is 6.10 Å². The van der Waals surface area contributed by atoms with Gasteiger partial charge in [0.05, 0.1) is 6.10 Å². The van der Waals surface area contributed by atoms with Crippen molar-refractivity contribution in [1.29, 1.82) is 0 Å². The molecule has 104 valence electrons. The summed E-state index contributed by atoms with van der Waals surface area (Å²) in [6, 6.07) is 7.42. The molecule has 0 aliphatic heterocycles. The Hall–Kier alpha value is -1.35. The SMILES string of the molecule is CC(O)c1ccc(NC(=O)C2CCCCCC2)cc1. The molecule has 3 nitrogen and oxygen atoms in total. The lowest BCUT2D eigenvalue weighted by Gasteiger charge is -2.14. The Morgan fingerprint density at radius 2 is 1.74 bits per heavy atom. The van der Waals surface area contributed by atoms with E-state index in [-0.39, 0.29) is 11.8 Å². The first-order valence-electron chi connectivity index (χ1n) is 7.25. The van der Waals surface area contributed by atoms with Crippen molar-refractivity contribution >= 4 is 11.6 Å². The van der Waals surface area contributed by atoms with E-state index in [4.69, 9.17) is 0 Å². The number of carbonyl (C=O) groups excluding carboxylic acids is 1. The lowest BCUT2D eigenvalue weighted by Crippen LogP contribution is -2.22. The van der Waals surface area contributed by atoms with Crippen LogP contribution < -0.4 is 5.32 Å². The molecule has 1 aromatic carbocycles. The van der Waals surface area contributed by atoms with E-state index in [0.717, 1.165) is 24.1 Å². The van der Waals surface area contributed by atoms with E-state index in [2.05, 4.69) is 5.32 Å². The molecule has 2 N–H and O–H groups in total. The van der Waals surface area contributed by atoms with Crippen molar-refractivity contribution in [3.8, 4) is 0 Å². The van der Waals surface area contributed by atoms with Crippen LogP contribution in [0.4, 0.5) is 5.69 Å². The summed E-state index contributed by atoms with van der Waals surface area (Å²) >= 11 is 0. The molecule has 1 unspecified atom stereocenters. The summed E-state index contributed by atoms with van der Waals surface area (Å²) in [6.45, 7) is 1.74. The van der Waals surface area contributed by atoms with Gasteiger partial charge in [0.1, 0.15) is 0 Å². The monoisotopic (exact) mass is 261 g/mol. The van der Waals surface area contributed by atoms with Crippen LogP contribution >= 0.6 is 0 Å². The highest BCUT2D eigenvalue weighted by atomic mass is 16.3. The summed E-state index contributed by atoms with van der Waals surface area (Å²) < 4.78 is 0. The minimum Gasteiger partial charge on any atom is -0.389 e. The van der Waals surface area contributed by atoms with Gasteiger partial charge in [0, 0.05) is 11.6 Å². The molecule has 0 aromatic heterocycles. The van der Waals surface area contributed by atoms with Gasteiger partial charge >= 0.3 is 0 Å². The molecule has 1 fully saturated rings. The van der Waals surface area contributed by atoms with Crippen LogP contribution in [0.25, 0.3) is 0 Å². The van der Waals surface area contributed by atoms with Crippen LogP contribution in [-0.2, 0) is 4.79 Å². The maximum atomic E-state index is 12.2. The van der Waals surface area contributed by atoms with Crippen LogP contribution in [0.5, 0.6) is 0 Å². The molecule has 1 aliphatic rings. The Labute approximate surface area is 115 Å². The minimum absolute atomic E-state index is 0.145. The number of hydrogen-bond acceptors (Lipinski definition) is 2. The predicted octanol–water partition coefficient (Wildman–Crippen LogP) is 3.65. The van der Waals surface area contributed by atoms with Gasteiger partial charge in [-0.25, -0.2) is 0 Å². The van der Waals surface area contributed by atoms with Crippen molar-refractivity contribution in [3.63, 3.8) is 0 Å². The average Bonchev–Trinajstić information content (AvgIpc) is 2.68. The number of benzene rings is 1. The molecule has 0 radical (unpaired) electrons. The van der Waals surface area contributed by atoms with Crippen LogP contribution in [0, 0.1) is 5.92 Å². The topological polar surface area (TPSA) is 49.3 Å². The Morgan fingerprint density at radius 1 is 1.16 bits per heavy atom. The van der Waals surface area contributed by atoms with Crippen LogP contribution in [0.15, 0.2) is 24.3 Å². The second kappa shape index (κ2) is 6.71. The van der Waals surface area contributed by atoms with Crippen LogP contribution in [0.3, 0.4) is 0 Å². The Kier molecular flexibility index (Phi) is 4.97. The van der Waals surface area contributed by atoms with E-state index in [1.54, 1.807) is 6.92 Å². The van der Waals surface area contributed by atoms with Gasteiger partial charge in [-0.05, 0) is 37.5 Å². The maximum absolute atomic E-state index is 12.2. The lowest BCUT2D eigenvalue weighted by molar-refractivity contribution is -0.120. The number of anilines is 1. The summed E-state index contributed by atoms with van der Waals surface area (Å²) in [5, 5.41) is 12.4. The van der Waals surface area contributed by atoms with Crippen LogP contribution in [-0.4, -0.2) is 11.0 Å². The highest BCUT2D eigenvalue weighted by Gasteiger charge is 2.19. The summed E-state index contributed by atoms with van der Waals surface area (Å²) in [6.07, 6.45) is 6.40. The van der Waals surface area contributed by atoms with Crippen molar-refractivity contribution in [1.82, 2.24) is 0 Å². The fraction of sp³-hybridized carbons (Fsp3) is 0.562. The minimum atomic E-state index is -0.466. The molecule has 19 heavy (non-hydrogen) atoms. The Bertz CT molecular complexity index is 403. The highest BCUT2D eigenvalue weighted by Crippen LogP contribution is 2.24. The third-order valence-corrected chi connectivity index (χ3v) is 3.89. The summed E-state index contributed by atoms with van der Waals surface area (Å²) in [4.78, 5) is 12.2. The van der Waals surface area contributed by atoms with E-state index in [1.807, 2.05) is 24.3 Å². The standard InChI is InChI=1S/C16H23NO2/c1-12(18)13-8-10-15(11-9-13)17-16(19)14-6-4-2-3-5-7-14/h8-12,14,18H,2-7H2,1H3,(H,17,19). The van der Waals surface area contributed by atoms with Gasteiger partial charge in [-0.1, -0.05) is 37.8 Å². The number of aliphatic hydroxyl groups is 1. The molecule has 1 aromatic rings. The first-order valence-corrected chi connectivity index (χ1v) is 7.25. The molecular weight excluding hydrogens is 238 g/mol. The van der Waals surface area contributed by atoms with Crippen LogP contribution in [0.2, 0.25) is 0 Å². The highest BCUT2D eigenvalue weighted by molar-refractivity contribution is 5.92. The molecule has 2 rings (SSSR count). The number of rotatable bonds is 3. The first kappa shape index (κ1) is 14.1. The maximum Gasteiger partial charge on any atom is 0.227 e. The Morgan fingerprint density at radius 3 is 2.26 bits per heavy atom. The van der Waals surface area contributed by atoms with E-state index in [0.29, 0.717) is 0 Å². The van der Waals surface area contributed by atoms with Crippen molar-refractivity contribution in [2.75, 3.05) is 5.32 Å². The third kappa shape index (κ3) is 4.06. The number of aliphatic hydroxyl groups excluding tert-OH is 1. The number of nitrogens with one attached hydrogen (secondary N) is 1. The zero-order valence-electron chi connectivity index (χ0n) is 11.6. The van der Waals surface area contributed by atoms with Gasteiger partial charge < -0.3 is 10.4 Å². The molecule has 0 heterocycles. The molecule has 1 saturated carbocycles. The van der Waals surface area contributed by atoms with Crippen molar-refractivity contribution in [3.05, 3.63) is 29.8 Å². The summed E-state index contributed by atoms with van der Waals surface area (Å²) in [5.74, 6) is 0.311.